The molecule has 5 rings (SSSR count). The molecule has 1 saturated carbocycles. The summed E-state index contributed by atoms with van der Waals surface area (Å²) in [5.41, 5.74) is 1.67. The van der Waals surface area contributed by atoms with Gasteiger partial charge in [-0.1, -0.05) is 29.7 Å². The van der Waals surface area contributed by atoms with Gasteiger partial charge in [-0.05, 0) is 50.3 Å². The van der Waals surface area contributed by atoms with Crippen LogP contribution in [-0.2, 0) is 34.5 Å². The minimum atomic E-state index is -0.780. The Bertz CT molecular complexity index is 1260. The van der Waals surface area contributed by atoms with Crippen molar-refractivity contribution in [3.05, 3.63) is 40.2 Å². The molecule has 0 radical (unpaired) electrons. The number of hydrogen-bond donors (Lipinski definition) is 1. The Kier molecular flexibility index (Phi) is 7.84. The number of halogens is 1. The number of amides is 3. The second-order valence-electron chi connectivity index (χ2n) is 11.1. The van der Waals surface area contributed by atoms with Crippen molar-refractivity contribution in [2.75, 3.05) is 26.7 Å². The van der Waals surface area contributed by atoms with Crippen LogP contribution in [0.25, 0.3) is 0 Å². The molecule has 1 N–H and O–H groups in total. The predicted octanol–water partition coefficient (Wildman–Crippen LogP) is 3.04. The van der Waals surface area contributed by atoms with Crippen LogP contribution in [0.3, 0.4) is 0 Å². The summed E-state index contributed by atoms with van der Waals surface area (Å²) in [6.45, 7) is 3.61. The summed E-state index contributed by atoms with van der Waals surface area (Å²) in [5.74, 6) is 0.134. The number of aryl methyl sites for hydroxylation is 1. The maximum Gasteiger partial charge on any atom is 0.227 e. The lowest BCUT2D eigenvalue weighted by Gasteiger charge is -2.46. The number of carbonyl (C=O) groups excluding carboxylic acids is 3. The third-order valence-corrected chi connectivity index (χ3v) is 9.05. The fraction of sp³-hybridized carbons (Fsp3) is 0.607. The molecule has 3 atom stereocenters. The molecule has 1 aromatic carbocycles. The number of nitrogens with zero attached hydrogens (tertiary/aromatic N) is 5. The second-order valence-corrected chi connectivity index (χ2v) is 11.6. The smallest absolute Gasteiger partial charge is 0.227 e. The van der Waals surface area contributed by atoms with Crippen LogP contribution in [0.5, 0.6) is 5.75 Å². The Balaban J connectivity index is 1.53. The molecule has 2 aromatic rings. The zero-order chi connectivity index (χ0) is 27.7. The Morgan fingerprint density at radius 2 is 2.03 bits per heavy atom. The predicted molar refractivity (Wildman–Crippen MR) is 145 cm³/mol. The van der Waals surface area contributed by atoms with E-state index in [1.54, 1.807) is 25.0 Å². The van der Waals surface area contributed by atoms with Crippen LogP contribution < -0.4 is 10.1 Å². The molecule has 1 aliphatic carbocycles. The normalized spacial score (nSPS) is 25.0. The van der Waals surface area contributed by atoms with Crippen molar-refractivity contribution in [1.82, 2.24) is 30.1 Å². The van der Waals surface area contributed by atoms with Gasteiger partial charge in [0, 0.05) is 50.7 Å². The van der Waals surface area contributed by atoms with Gasteiger partial charge in [-0.25, -0.2) is 0 Å². The highest BCUT2D eigenvalue weighted by Crippen LogP contribution is 2.46. The lowest BCUT2D eigenvalue weighted by atomic mass is 9.66. The number of benzene rings is 1. The van der Waals surface area contributed by atoms with Gasteiger partial charge in [-0.2, -0.15) is 0 Å². The van der Waals surface area contributed by atoms with E-state index in [4.69, 9.17) is 16.3 Å². The van der Waals surface area contributed by atoms with E-state index in [0.717, 1.165) is 30.4 Å². The number of aromatic nitrogens is 3. The van der Waals surface area contributed by atoms with E-state index >= 15 is 0 Å². The van der Waals surface area contributed by atoms with Gasteiger partial charge >= 0.3 is 0 Å². The van der Waals surface area contributed by atoms with Gasteiger partial charge in [0.25, 0.3) is 0 Å². The van der Waals surface area contributed by atoms with Gasteiger partial charge in [0.1, 0.15) is 18.1 Å². The van der Waals surface area contributed by atoms with Crippen LogP contribution in [0.4, 0.5) is 0 Å². The topological polar surface area (TPSA) is 110 Å². The minimum absolute atomic E-state index is 0.0389. The molecule has 0 spiro atoms. The van der Waals surface area contributed by atoms with Crippen LogP contribution in [-0.4, -0.2) is 69.2 Å². The summed E-state index contributed by atoms with van der Waals surface area (Å²) in [5, 5.41) is 11.5. The van der Waals surface area contributed by atoms with Crippen LogP contribution in [0, 0.1) is 11.3 Å². The van der Waals surface area contributed by atoms with E-state index in [9.17, 15) is 14.4 Å². The van der Waals surface area contributed by atoms with E-state index in [1.807, 2.05) is 28.9 Å². The summed E-state index contributed by atoms with van der Waals surface area (Å²) in [7, 11) is 3.43. The van der Waals surface area contributed by atoms with E-state index in [1.165, 1.54) is 0 Å². The highest BCUT2D eigenvalue weighted by molar-refractivity contribution is 6.31. The third kappa shape index (κ3) is 5.23. The second kappa shape index (κ2) is 11.2. The standard InChI is InChI=1S/C28H37ClN6O4/c1-28(27(38)30-2)12-5-4-7-20(28)26(37)35-14-11-19-21(29)9-10-23(39-17-18-15-33(3)32-31-18)25(19)22(35)16-34-13-6-8-24(34)36/h9-10,15,20,22H,4-8,11-14,16-17H2,1-3H3,(H,30,38)/t20-,22+,28-/m0/s1. The van der Waals surface area contributed by atoms with Crippen molar-refractivity contribution in [1.29, 1.82) is 0 Å². The Labute approximate surface area is 234 Å². The molecule has 2 fully saturated rings. The SMILES string of the molecule is CNC(=O)[C@@]1(C)CCCC[C@H]1C(=O)N1CCc2c(Cl)ccc(OCc3cn(C)nn3)c2[C@H]1CN1CCCC1=O. The highest BCUT2D eigenvalue weighted by Gasteiger charge is 2.49. The molecular weight excluding hydrogens is 520 g/mol. The van der Waals surface area contributed by atoms with Gasteiger partial charge in [0.2, 0.25) is 17.7 Å². The summed E-state index contributed by atoms with van der Waals surface area (Å²) in [4.78, 5) is 43.9. The highest BCUT2D eigenvalue weighted by atomic mass is 35.5. The lowest BCUT2D eigenvalue weighted by Crippen LogP contribution is -2.54. The van der Waals surface area contributed by atoms with Crippen molar-refractivity contribution in [3.8, 4) is 5.75 Å². The molecule has 2 aliphatic heterocycles. The number of carbonyl (C=O) groups is 3. The zero-order valence-corrected chi connectivity index (χ0v) is 23.7. The average Bonchev–Trinajstić information content (AvgIpc) is 3.54. The molecule has 3 amide bonds. The molecule has 11 heteroatoms. The van der Waals surface area contributed by atoms with Crippen molar-refractivity contribution < 1.29 is 19.1 Å². The molecule has 3 heterocycles. The summed E-state index contributed by atoms with van der Waals surface area (Å²) < 4.78 is 7.89. The molecule has 1 saturated heterocycles. The molecule has 1 aromatic heterocycles. The quantitative estimate of drug-likeness (QED) is 0.561. The van der Waals surface area contributed by atoms with Crippen LogP contribution in [0.1, 0.15) is 68.3 Å². The van der Waals surface area contributed by atoms with E-state index in [-0.39, 0.29) is 24.3 Å². The molecule has 39 heavy (non-hydrogen) atoms. The van der Waals surface area contributed by atoms with E-state index < -0.39 is 17.4 Å². The average molecular weight is 557 g/mol. The van der Waals surface area contributed by atoms with Gasteiger partial charge in [-0.3, -0.25) is 19.1 Å². The molecular formula is C28H37ClN6O4. The van der Waals surface area contributed by atoms with Crippen molar-refractivity contribution >= 4 is 29.3 Å². The summed E-state index contributed by atoms with van der Waals surface area (Å²) >= 11 is 6.71. The number of rotatable bonds is 7. The van der Waals surface area contributed by atoms with Gasteiger partial charge < -0.3 is 19.9 Å². The molecule has 210 valence electrons. The first kappa shape index (κ1) is 27.4. The Hall–Kier alpha value is -3.14. The number of ether oxygens (including phenoxy) is 1. The first-order chi connectivity index (χ1) is 18.7. The van der Waals surface area contributed by atoms with Crippen LogP contribution >= 0.6 is 11.6 Å². The van der Waals surface area contributed by atoms with Gasteiger partial charge in [0.15, 0.2) is 0 Å². The van der Waals surface area contributed by atoms with Gasteiger partial charge in [-0.15, -0.1) is 5.10 Å². The largest absolute Gasteiger partial charge is 0.487 e. The van der Waals surface area contributed by atoms with Crippen molar-refractivity contribution in [2.45, 2.75) is 64.5 Å². The molecule has 0 unspecified atom stereocenters. The lowest BCUT2D eigenvalue weighted by molar-refractivity contribution is -0.153. The number of hydrogen-bond acceptors (Lipinski definition) is 6. The third-order valence-electron chi connectivity index (χ3n) is 8.70. The minimum Gasteiger partial charge on any atom is -0.487 e. The van der Waals surface area contributed by atoms with Crippen LogP contribution in [0.2, 0.25) is 5.02 Å². The first-order valence-electron chi connectivity index (χ1n) is 13.8. The van der Waals surface area contributed by atoms with Crippen LogP contribution in [0.15, 0.2) is 18.3 Å². The summed E-state index contributed by atoms with van der Waals surface area (Å²) in [6.07, 6.45) is 6.82. The monoisotopic (exact) mass is 556 g/mol. The fourth-order valence-corrected chi connectivity index (χ4v) is 6.82. The Morgan fingerprint density at radius 1 is 1.21 bits per heavy atom. The number of nitrogens with one attached hydrogen (secondary N) is 1. The first-order valence-corrected chi connectivity index (χ1v) is 14.2. The summed E-state index contributed by atoms with van der Waals surface area (Å²) in [6, 6.07) is 3.22. The van der Waals surface area contributed by atoms with Crippen molar-refractivity contribution in [2.24, 2.45) is 18.4 Å². The molecule has 3 aliphatic rings. The zero-order valence-electron chi connectivity index (χ0n) is 22.9. The van der Waals surface area contributed by atoms with Crippen molar-refractivity contribution in [3.63, 3.8) is 0 Å². The van der Waals surface area contributed by atoms with Gasteiger partial charge in [0.05, 0.1) is 23.6 Å². The molecule has 0 bridgehead atoms. The van der Waals surface area contributed by atoms with E-state index in [2.05, 4.69) is 15.6 Å². The maximum atomic E-state index is 14.4. The Morgan fingerprint density at radius 3 is 2.72 bits per heavy atom. The van der Waals surface area contributed by atoms with E-state index in [0.29, 0.717) is 61.8 Å². The maximum absolute atomic E-state index is 14.4. The number of likely N-dealkylation sites (tertiary alicyclic amines) is 1. The molecule has 10 nitrogen and oxygen atoms in total. The number of fused-ring (bicyclic) bond motifs is 1. The fourth-order valence-electron chi connectivity index (χ4n) is 6.57.